The molecule has 0 saturated carbocycles. The molecule has 1 N–H and O–H groups in total. The summed E-state index contributed by atoms with van der Waals surface area (Å²) in [5.41, 5.74) is 2.19. The first-order valence-corrected chi connectivity index (χ1v) is 8.23. The molecule has 0 spiro atoms. The van der Waals surface area contributed by atoms with Gasteiger partial charge in [0.25, 0.3) is 0 Å². The topological polar surface area (TPSA) is 46.2 Å². The van der Waals surface area contributed by atoms with E-state index in [9.17, 15) is 9.59 Å². The summed E-state index contributed by atoms with van der Waals surface area (Å²) in [5, 5.41) is 2.85. The minimum atomic E-state index is -0.773. The predicted molar refractivity (Wildman–Crippen MR) is 99.5 cm³/mol. The predicted octanol–water partition coefficient (Wildman–Crippen LogP) is 4.37. The molecule has 3 aromatic rings. The molecule has 0 aliphatic heterocycles. The molecule has 0 fully saturated rings. The molecule has 0 bridgehead atoms. The Morgan fingerprint density at radius 1 is 0.720 bits per heavy atom. The minimum absolute atomic E-state index is 0.169. The maximum absolute atomic E-state index is 12.9. The van der Waals surface area contributed by atoms with Gasteiger partial charge in [-0.05, 0) is 24.1 Å². The Morgan fingerprint density at radius 2 is 1.24 bits per heavy atom. The van der Waals surface area contributed by atoms with E-state index < -0.39 is 5.92 Å². The third-order valence-corrected chi connectivity index (χ3v) is 4.02. The van der Waals surface area contributed by atoms with Crippen LogP contribution in [0.25, 0.3) is 0 Å². The van der Waals surface area contributed by atoms with Gasteiger partial charge < -0.3 is 5.32 Å². The van der Waals surface area contributed by atoms with Crippen LogP contribution in [0, 0.1) is 5.92 Å². The normalized spacial score (nSPS) is 11.5. The van der Waals surface area contributed by atoms with Crippen molar-refractivity contribution in [2.45, 2.75) is 6.42 Å². The summed E-state index contributed by atoms with van der Waals surface area (Å²) in [6.45, 7) is 0. The fourth-order valence-corrected chi connectivity index (χ4v) is 2.71. The molecule has 0 saturated heterocycles. The van der Waals surface area contributed by atoms with E-state index in [0.717, 1.165) is 5.56 Å². The van der Waals surface area contributed by atoms with Gasteiger partial charge in [-0.15, -0.1) is 0 Å². The molecular weight excluding hydrogens is 310 g/mol. The van der Waals surface area contributed by atoms with Crippen molar-refractivity contribution in [3.63, 3.8) is 0 Å². The molecule has 1 unspecified atom stereocenters. The summed E-state index contributed by atoms with van der Waals surface area (Å²) in [4.78, 5) is 25.7. The highest BCUT2D eigenvalue weighted by molar-refractivity contribution is 6.13. The van der Waals surface area contributed by atoms with E-state index >= 15 is 0 Å². The van der Waals surface area contributed by atoms with Crippen LogP contribution in [0.4, 0.5) is 5.69 Å². The smallest absolute Gasteiger partial charge is 0.235 e. The van der Waals surface area contributed by atoms with Crippen molar-refractivity contribution >= 4 is 17.4 Å². The van der Waals surface area contributed by atoms with Gasteiger partial charge in [0.2, 0.25) is 5.91 Å². The Bertz CT molecular complexity index is 830. The molecule has 3 rings (SSSR count). The highest BCUT2D eigenvalue weighted by Gasteiger charge is 2.28. The van der Waals surface area contributed by atoms with Gasteiger partial charge in [0, 0.05) is 11.3 Å². The Morgan fingerprint density at radius 3 is 1.84 bits per heavy atom. The quantitative estimate of drug-likeness (QED) is 0.539. The highest BCUT2D eigenvalue weighted by Crippen LogP contribution is 2.18. The molecule has 3 nitrogen and oxygen atoms in total. The molecule has 0 aromatic heterocycles. The zero-order valence-corrected chi connectivity index (χ0v) is 13.8. The SMILES string of the molecule is O=C(Nc1ccccc1)C(Cc1ccccc1)C(=O)c1ccccc1. The van der Waals surface area contributed by atoms with Crippen LogP contribution in [-0.2, 0) is 11.2 Å². The lowest BCUT2D eigenvalue weighted by Gasteiger charge is -2.16. The number of ketones is 1. The molecule has 25 heavy (non-hydrogen) atoms. The van der Waals surface area contributed by atoms with Gasteiger partial charge in [-0.3, -0.25) is 9.59 Å². The van der Waals surface area contributed by atoms with Crippen molar-refractivity contribution in [3.8, 4) is 0 Å². The second-order valence-corrected chi connectivity index (χ2v) is 5.83. The van der Waals surface area contributed by atoms with Gasteiger partial charge in [0.15, 0.2) is 5.78 Å². The zero-order valence-electron chi connectivity index (χ0n) is 13.8. The van der Waals surface area contributed by atoms with Crippen molar-refractivity contribution in [1.29, 1.82) is 0 Å². The van der Waals surface area contributed by atoms with Crippen LogP contribution in [0.1, 0.15) is 15.9 Å². The van der Waals surface area contributed by atoms with E-state index in [-0.39, 0.29) is 11.7 Å². The molecule has 3 heteroatoms. The van der Waals surface area contributed by atoms with Crippen LogP contribution >= 0.6 is 0 Å². The third-order valence-electron chi connectivity index (χ3n) is 4.02. The average Bonchev–Trinajstić information content (AvgIpc) is 2.68. The molecule has 0 heterocycles. The van der Waals surface area contributed by atoms with Crippen LogP contribution in [0.15, 0.2) is 91.0 Å². The van der Waals surface area contributed by atoms with E-state index in [1.165, 1.54) is 0 Å². The standard InChI is InChI=1S/C22H19NO2/c24-21(18-12-6-2-7-13-18)20(16-17-10-4-1-5-11-17)22(25)23-19-14-8-3-9-15-19/h1-15,20H,16H2,(H,23,25). The average molecular weight is 329 g/mol. The first-order chi connectivity index (χ1) is 12.2. The number of carbonyl (C=O) groups excluding carboxylic acids is 2. The number of anilines is 1. The van der Waals surface area contributed by atoms with Gasteiger partial charge in [-0.25, -0.2) is 0 Å². The van der Waals surface area contributed by atoms with Crippen molar-refractivity contribution < 1.29 is 9.59 Å². The van der Waals surface area contributed by atoms with E-state index in [1.54, 1.807) is 12.1 Å². The summed E-state index contributed by atoms with van der Waals surface area (Å²) < 4.78 is 0. The third kappa shape index (κ3) is 4.42. The Hall–Kier alpha value is -3.20. The van der Waals surface area contributed by atoms with E-state index in [0.29, 0.717) is 17.7 Å². The van der Waals surface area contributed by atoms with Crippen LogP contribution < -0.4 is 5.32 Å². The van der Waals surface area contributed by atoms with Gasteiger partial charge in [-0.2, -0.15) is 0 Å². The van der Waals surface area contributed by atoms with Gasteiger partial charge in [0.05, 0.1) is 0 Å². The first kappa shape index (κ1) is 16.7. The van der Waals surface area contributed by atoms with Crippen LogP contribution in [0.2, 0.25) is 0 Å². The minimum Gasteiger partial charge on any atom is -0.325 e. The molecule has 0 aliphatic carbocycles. The van der Waals surface area contributed by atoms with Crippen LogP contribution in [-0.4, -0.2) is 11.7 Å². The maximum atomic E-state index is 12.9. The lowest BCUT2D eigenvalue weighted by molar-refractivity contribution is -0.118. The number of hydrogen-bond donors (Lipinski definition) is 1. The fourth-order valence-electron chi connectivity index (χ4n) is 2.71. The van der Waals surface area contributed by atoms with Crippen LogP contribution in [0.3, 0.4) is 0 Å². The Kier molecular flexibility index (Phi) is 5.37. The lowest BCUT2D eigenvalue weighted by Crippen LogP contribution is -2.31. The molecule has 124 valence electrons. The second kappa shape index (κ2) is 8.06. The number of hydrogen-bond acceptors (Lipinski definition) is 2. The number of Topliss-reactive ketones (excluding diaryl/α,β-unsaturated/α-hetero) is 1. The lowest BCUT2D eigenvalue weighted by atomic mass is 9.90. The van der Waals surface area contributed by atoms with Crippen molar-refractivity contribution in [2.24, 2.45) is 5.92 Å². The van der Waals surface area contributed by atoms with Crippen molar-refractivity contribution in [2.75, 3.05) is 5.32 Å². The summed E-state index contributed by atoms with van der Waals surface area (Å²) >= 11 is 0. The van der Waals surface area contributed by atoms with Crippen molar-refractivity contribution in [1.82, 2.24) is 0 Å². The summed E-state index contributed by atoms with van der Waals surface area (Å²) in [6.07, 6.45) is 0.368. The Balaban J connectivity index is 1.85. The molecule has 3 aromatic carbocycles. The fraction of sp³-hybridized carbons (Fsp3) is 0.0909. The number of nitrogens with one attached hydrogen (secondary N) is 1. The molecule has 1 amide bonds. The van der Waals surface area contributed by atoms with E-state index in [4.69, 9.17) is 0 Å². The van der Waals surface area contributed by atoms with Gasteiger partial charge >= 0.3 is 0 Å². The maximum Gasteiger partial charge on any atom is 0.235 e. The number of benzene rings is 3. The van der Waals surface area contributed by atoms with Crippen LogP contribution in [0.5, 0.6) is 0 Å². The highest BCUT2D eigenvalue weighted by atomic mass is 16.2. The van der Waals surface area contributed by atoms with Gasteiger partial charge in [0.1, 0.15) is 5.92 Å². The summed E-state index contributed by atoms with van der Waals surface area (Å²) in [7, 11) is 0. The molecule has 0 aliphatic rings. The number of rotatable bonds is 6. The monoisotopic (exact) mass is 329 g/mol. The second-order valence-electron chi connectivity index (χ2n) is 5.83. The number of amides is 1. The molecular formula is C22H19NO2. The zero-order chi connectivity index (χ0) is 17.5. The Labute approximate surface area is 147 Å². The molecule has 1 atom stereocenters. The van der Waals surface area contributed by atoms with Gasteiger partial charge in [-0.1, -0.05) is 78.9 Å². The molecule has 0 radical (unpaired) electrons. The van der Waals surface area contributed by atoms with E-state index in [2.05, 4.69) is 5.32 Å². The summed E-state index contributed by atoms with van der Waals surface area (Å²) in [6, 6.07) is 27.8. The first-order valence-electron chi connectivity index (χ1n) is 8.23. The van der Waals surface area contributed by atoms with E-state index in [1.807, 2.05) is 78.9 Å². The number of carbonyl (C=O) groups is 2. The largest absolute Gasteiger partial charge is 0.325 e. The summed E-state index contributed by atoms with van der Waals surface area (Å²) in [5.74, 6) is -1.23. The van der Waals surface area contributed by atoms with Crippen molar-refractivity contribution in [3.05, 3.63) is 102 Å². The number of para-hydroxylation sites is 1.